The molecule has 116 valence electrons. The van der Waals surface area contributed by atoms with Crippen molar-refractivity contribution in [1.82, 2.24) is 4.90 Å². The Hall–Kier alpha value is -1.36. The lowest BCUT2D eigenvalue weighted by molar-refractivity contribution is -0.129. The summed E-state index contributed by atoms with van der Waals surface area (Å²) in [6.07, 6.45) is 3.07. The summed E-state index contributed by atoms with van der Waals surface area (Å²) in [7, 11) is -3.41. The van der Waals surface area contributed by atoms with Crippen LogP contribution in [0.15, 0.2) is 18.2 Å². The number of carbonyl (C=O) groups excluding carboxylic acids is 1. The number of hydrogen-bond donors (Lipinski definition) is 0. The van der Waals surface area contributed by atoms with Crippen LogP contribution in [0.3, 0.4) is 0 Å². The number of amides is 1. The minimum Gasteiger partial charge on any atom is -0.342 e. The molecule has 1 aliphatic rings. The van der Waals surface area contributed by atoms with Crippen molar-refractivity contribution < 1.29 is 13.2 Å². The Morgan fingerprint density at radius 2 is 1.81 bits per heavy atom. The number of rotatable bonds is 4. The van der Waals surface area contributed by atoms with Crippen LogP contribution in [-0.2, 0) is 20.4 Å². The summed E-state index contributed by atoms with van der Waals surface area (Å²) in [5.41, 5.74) is 2.78. The molecule has 0 aliphatic carbocycles. The van der Waals surface area contributed by atoms with E-state index >= 15 is 0 Å². The zero-order valence-electron chi connectivity index (χ0n) is 12.8. The predicted molar refractivity (Wildman–Crippen MR) is 83.8 cm³/mol. The normalized spacial score (nSPS) is 16.0. The first-order chi connectivity index (χ1) is 9.87. The first-order valence-corrected chi connectivity index (χ1v) is 9.24. The second-order valence-electron chi connectivity index (χ2n) is 5.90. The molecule has 1 heterocycles. The van der Waals surface area contributed by atoms with E-state index in [2.05, 4.69) is 0 Å². The van der Waals surface area contributed by atoms with Gasteiger partial charge in [-0.25, -0.2) is 8.42 Å². The van der Waals surface area contributed by atoms with Crippen molar-refractivity contribution >= 4 is 15.7 Å². The number of benzene rings is 1. The highest BCUT2D eigenvalue weighted by Crippen LogP contribution is 2.16. The van der Waals surface area contributed by atoms with Crippen LogP contribution in [0.25, 0.3) is 0 Å². The van der Waals surface area contributed by atoms with Gasteiger partial charge in [-0.2, -0.15) is 0 Å². The molecular formula is C16H23NO3S. The summed E-state index contributed by atoms with van der Waals surface area (Å²) in [6, 6.07) is 5.77. The first-order valence-electron chi connectivity index (χ1n) is 7.42. The molecule has 0 unspecified atom stereocenters. The topological polar surface area (TPSA) is 54.5 Å². The van der Waals surface area contributed by atoms with E-state index in [1.54, 1.807) is 4.90 Å². The molecule has 1 amide bonds. The zero-order valence-corrected chi connectivity index (χ0v) is 13.6. The maximum Gasteiger partial charge on any atom is 0.237 e. The smallest absolute Gasteiger partial charge is 0.237 e. The fourth-order valence-electron chi connectivity index (χ4n) is 2.67. The van der Waals surface area contributed by atoms with Gasteiger partial charge in [-0.05, 0) is 44.2 Å². The van der Waals surface area contributed by atoms with Crippen molar-refractivity contribution in [3.8, 4) is 0 Å². The third-order valence-corrected chi connectivity index (χ3v) is 5.37. The van der Waals surface area contributed by atoms with Gasteiger partial charge in [0.2, 0.25) is 5.91 Å². The highest BCUT2D eigenvalue weighted by molar-refractivity contribution is 7.91. The van der Waals surface area contributed by atoms with Crippen molar-refractivity contribution in [2.75, 3.05) is 18.8 Å². The molecule has 0 aromatic heterocycles. The van der Waals surface area contributed by atoms with Crippen LogP contribution in [0.2, 0.25) is 0 Å². The van der Waals surface area contributed by atoms with Gasteiger partial charge in [0.15, 0.2) is 9.84 Å². The standard InChI is InChI=1S/C16H23NO3S/c1-13-6-7-14(2)15(10-13)11-21(19,20)12-16(18)17-8-4-3-5-9-17/h6-7,10H,3-5,8-9,11-12H2,1-2H3. The number of likely N-dealkylation sites (tertiary alicyclic amines) is 1. The molecule has 1 aromatic carbocycles. The summed E-state index contributed by atoms with van der Waals surface area (Å²) in [5, 5.41) is 0. The van der Waals surface area contributed by atoms with Gasteiger partial charge in [0.05, 0.1) is 5.75 Å². The van der Waals surface area contributed by atoms with Crippen LogP contribution < -0.4 is 0 Å². The molecule has 0 saturated carbocycles. The monoisotopic (exact) mass is 309 g/mol. The Morgan fingerprint density at radius 1 is 1.14 bits per heavy atom. The molecule has 21 heavy (non-hydrogen) atoms. The maximum atomic E-state index is 12.3. The van der Waals surface area contributed by atoms with E-state index in [0.29, 0.717) is 13.1 Å². The first kappa shape index (κ1) is 16.0. The average Bonchev–Trinajstić information content (AvgIpc) is 2.43. The van der Waals surface area contributed by atoms with Gasteiger partial charge in [-0.1, -0.05) is 23.8 Å². The number of piperidine rings is 1. The Morgan fingerprint density at radius 3 is 2.48 bits per heavy atom. The molecular weight excluding hydrogens is 286 g/mol. The molecule has 1 aromatic rings. The molecule has 1 saturated heterocycles. The fourth-order valence-corrected chi connectivity index (χ4v) is 4.11. The lowest BCUT2D eigenvalue weighted by Crippen LogP contribution is -2.39. The summed E-state index contributed by atoms with van der Waals surface area (Å²) in [6.45, 7) is 5.22. The van der Waals surface area contributed by atoms with Crippen LogP contribution in [0.1, 0.15) is 36.0 Å². The van der Waals surface area contributed by atoms with Crippen LogP contribution >= 0.6 is 0 Å². The summed E-state index contributed by atoms with van der Waals surface area (Å²) in [5.74, 6) is -0.680. The van der Waals surface area contributed by atoms with E-state index in [-0.39, 0.29) is 17.4 Å². The quantitative estimate of drug-likeness (QED) is 0.857. The Kier molecular flexibility index (Phi) is 5.04. The lowest BCUT2D eigenvalue weighted by atomic mass is 10.1. The van der Waals surface area contributed by atoms with Crippen LogP contribution in [0.4, 0.5) is 0 Å². The van der Waals surface area contributed by atoms with Crippen LogP contribution in [0.5, 0.6) is 0 Å². The van der Waals surface area contributed by atoms with Gasteiger partial charge in [0, 0.05) is 13.1 Å². The Balaban J connectivity index is 2.04. The van der Waals surface area contributed by atoms with Gasteiger partial charge in [-0.3, -0.25) is 4.79 Å². The average molecular weight is 309 g/mol. The van der Waals surface area contributed by atoms with Gasteiger partial charge < -0.3 is 4.90 Å². The predicted octanol–water partition coefficient (Wildman–Crippen LogP) is 2.23. The van der Waals surface area contributed by atoms with Gasteiger partial charge in [0.25, 0.3) is 0 Å². The minimum absolute atomic E-state index is 0.0555. The van der Waals surface area contributed by atoms with Gasteiger partial charge in [0.1, 0.15) is 5.75 Å². The van der Waals surface area contributed by atoms with Crippen molar-refractivity contribution in [2.45, 2.75) is 38.9 Å². The highest BCUT2D eigenvalue weighted by atomic mass is 32.2. The molecule has 0 N–H and O–H groups in total. The third-order valence-electron chi connectivity index (χ3n) is 3.93. The summed E-state index contributed by atoms with van der Waals surface area (Å²) >= 11 is 0. The van der Waals surface area contributed by atoms with Crippen molar-refractivity contribution in [3.63, 3.8) is 0 Å². The van der Waals surface area contributed by atoms with Crippen molar-refractivity contribution in [2.24, 2.45) is 0 Å². The van der Waals surface area contributed by atoms with Crippen molar-refractivity contribution in [3.05, 3.63) is 34.9 Å². The Labute approximate surface area is 127 Å². The Bertz CT molecular complexity index is 616. The van der Waals surface area contributed by atoms with E-state index < -0.39 is 9.84 Å². The van der Waals surface area contributed by atoms with E-state index in [1.807, 2.05) is 32.0 Å². The molecule has 4 nitrogen and oxygen atoms in total. The van der Waals surface area contributed by atoms with E-state index in [1.165, 1.54) is 0 Å². The van der Waals surface area contributed by atoms with E-state index in [4.69, 9.17) is 0 Å². The van der Waals surface area contributed by atoms with E-state index in [9.17, 15) is 13.2 Å². The molecule has 2 rings (SSSR count). The number of aryl methyl sites for hydroxylation is 2. The molecule has 0 spiro atoms. The molecule has 5 heteroatoms. The third kappa shape index (κ3) is 4.56. The number of carbonyl (C=O) groups is 1. The molecule has 0 radical (unpaired) electrons. The second kappa shape index (κ2) is 6.60. The van der Waals surface area contributed by atoms with Gasteiger partial charge >= 0.3 is 0 Å². The number of sulfone groups is 1. The highest BCUT2D eigenvalue weighted by Gasteiger charge is 2.23. The number of nitrogens with zero attached hydrogens (tertiary/aromatic N) is 1. The van der Waals surface area contributed by atoms with Crippen LogP contribution in [-0.4, -0.2) is 38.1 Å². The zero-order chi connectivity index (χ0) is 15.5. The minimum atomic E-state index is -3.41. The van der Waals surface area contributed by atoms with Crippen LogP contribution in [0, 0.1) is 13.8 Å². The molecule has 1 aliphatic heterocycles. The number of hydrogen-bond acceptors (Lipinski definition) is 3. The summed E-state index contributed by atoms with van der Waals surface area (Å²) < 4.78 is 24.5. The lowest BCUT2D eigenvalue weighted by Gasteiger charge is -2.26. The SMILES string of the molecule is Cc1ccc(C)c(CS(=O)(=O)CC(=O)N2CCCCC2)c1. The molecule has 0 atom stereocenters. The molecule has 1 fully saturated rings. The van der Waals surface area contributed by atoms with Crippen molar-refractivity contribution in [1.29, 1.82) is 0 Å². The second-order valence-corrected chi connectivity index (χ2v) is 7.97. The van der Waals surface area contributed by atoms with E-state index in [0.717, 1.165) is 36.0 Å². The maximum absolute atomic E-state index is 12.3. The largest absolute Gasteiger partial charge is 0.342 e. The fraction of sp³-hybridized carbons (Fsp3) is 0.562. The summed E-state index contributed by atoms with van der Waals surface area (Å²) in [4.78, 5) is 13.8. The van der Waals surface area contributed by atoms with Gasteiger partial charge in [-0.15, -0.1) is 0 Å². The molecule has 0 bridgehead atoms.